The number of H-pyrrole nitrogens is 1. The number of nitrogens with one attached hydrogen (secondary N) is 1. The summed E-state index contributed by atoms with van der Waals surface area (Å²) in [5.41, 5.74) is 1.21. The molecule has 0 spiro atoms. The van der Waals surface area contributed by atoms with Crippen LogP contribution in [0.4, 0.5) is 15.8 Å². The van der Waals surface area contributed by atoms with E-state index in [2.05, 4.69) is 9.98 Å². The van der Waals surface area contributed by atoms with Crippen LogP contribution in [0.5, 0.6) is 5.88 Å². The van der Waals surface area contributed by atoms with Gasteiger partial charge in [-0.05, 0) is 54.7 Å². The lowest BCUT2D eigenvalue weighted by Crippen LogP contribution is -2.18. The fourth-order valence-corrected chi connectivity index (χ4v) is 2.95. The number of anilines is 1. The standard InChI is InChI=1S/C19H16ClFN4O2S/c1-24(2)12-5-3-11(4-6-12)22-10-14-17(26)23-19(28)25(18(14)27)13-7-8-16(21)15(20)9-13/h3-10,27H,1-2H3,(H,23,26,28). The summed E-state index contributed by atoms with van der Waals surface area (Å²) in [7, 11) is 3.85. The van der Waals surface area contributed by atoms with E-state index in [9.17, 15) is 14.3 Å². The van der Waals surface area contributed by atoms with E-state index < -0.39 is 17.3 Å². The molecule has 2 aromatic carbocycles. The molecule has 0 amide bonds. The number of benzene rings is 2. The minimum Gasteiger partial charge on any atom is -0.494 e. The van der Waals surface area contributed by atoms with Gasteiger partial charge in [-0.2, -0.15) is 0 Å². The Morgan fingerprint density at radius 1 is 1.25 bits per heavy atom. The molecule has 3 rings (SSSR count). The van der Waals surface area contributed by atoms with Crippen molar-refractivity contribution in [3.05, 3.63) is 74.0 Å². The number of rotatable bonds is 4. The molecular weight excluding hydrogens is 403 g/mol. The molecule has 6 nitrogen and oxygen atoms in total. The molecule has 0 unspecified atom stereocenters. The van der Waals surface area contributed by atoms with Crippen LogP contribution in [-0.4, -0.2) is 35.0 Å². The zero-order chi connectivity index (χ0) is 20.4. The van der Waals surface area contributed by atoms with Crippen molar-refractivity contribution in [1.82, 2.24) is 9.55 Å². The Morgan fingerprint density at radius 2 is 1.93 bits per heavy atom. The lowest BCUT2D eigenvalue weighted by atomic mass is 10.2. The number of aliphatic imine (C=N–C) groups is 1. The second-order valence-electron chi connectivity index (χ2n) is 6.10. The predicted molar refractivity (Wildman–Crippen MR) is 112 cm³/mol. The third-order valence-corrected chi connectivity index (χ3v) is 4.57. The normalized spacial score (nSPS) is 11.1. The van der Waals surface area contributed by atoms with Crippen molar-refractivity contribution in [1.29, 1.82) is 0 Å². The molecule has 0 aliphatic rings. The van der Waals surface area contributed by atoms with Gasteiger partial charge in [-0.3, -0.25) is 19.3 Å². The smallest absolute Gasteiger partial charge is 0.264 e. The number of hydrogen-bond acceptors (Lipinski definition) is 5. The van der Waals surface area contributed by atoms with Crippen molar-refractivity contribution in [2.75, 3.05) is 19.0 Å². The number of hydrogen-bond donors (Lipinski definition) is 2. The average molecular weight is 419 g/mol. The summed E-state index contributed by atoms with van der Waals surface area (Å²) in [4.78, 5) is 20.9. The Hall–Kier alpha value is -2.97. The first-order valence-electron chi connectivity index (χ1n) is 8.13. The molecule has 1 heterocycles. The second kappa shape index (κ2) is 7.95. The molecule has 0 fully saturated rings. The molecule has 0 aliphatic heterocycles. The summed E-state index contributed by atoms with van der Waals surface area (Å²) in [6.07, 6.45) is 1.25. The Balaban J connectivity index is 2.05. The van der Waals surface area contributed by atoms with Crippen molar-refractivity contribution in [3.8, 4) is 11.6 Å². The van der Waals surface area contributed by atoms with Gasteiger partial charge in [0.2, 0.25) is 5.88 Å². The average Bonchev–Trinajstić information content (AvgIpc) is 2.64. The fraction of sp³-hybridized carbons (Fsp3) is 0.105. The van der Waals surface area contributed by atoms with Crippen LogP contribution in [0, 0.1) is 10.6 Å². The van der Waals surface area contributed by atoms with Gasteiger partial charge in [-0.15, -0.1) is 0 Å². The fourth-order valence-electron chi connectivity index (χ4n) is 2.49. The summed E-state index contributed by atoms with van der Waals surface area (Å²) >= 11 is 10.9. The largest absolute Gasteiger partial charge is 0.494 e. The molecule has 0 atom stereocenters. The van der Waals surface area contributed by atoms with Gasteiger partial charge in [0.1, 0.15) is 11.4 Å². The van der Waals surface area contributed by atoms with Crippen LogP contribution in [0.2, 0.25) is 5.02 Å². The quantitative estimate of drug-likeness (QED) is 0.491. The van der Waals surface area contributed by atoms with E-state index in [1.165, 1.54) is 22.9 Å². The molecule has 3 aromatic rings. The summed E-state index contributed by atoms with van der Waals surface area (Å²) in [5, 5.41) is 10.5. The van der Waals surface area contributed by atoms with E-state index in [0.29, 0.717) is 11.4 Å². The van der Waals surface area contributed by atoms with Gasteiger partial charge in [0.25, 0.3) is 5.56 Å². The van der Waals surface area contributed by atoms with Crippen molar-refractivity contribution in [2.24, 2.45) is 4.99 Å². The van der Waals surface area contributed by atoms with Crippen LogP contribution in [0.15, 0.2) is 52.3 Å². The molecule has 0 bridgehead atoms. The molecule has 0 saturated heterocycles. The number of aromatic hydroxyl groups is 1. The summed E-state index contributed by atoms with van der Waals surface area (Å²) in [6, 6.07) is 11.2. The van der Waals surface area contributed by atoms with E-state index in [-0.39, 0.29) is 15.4 Å². The van der Waals surface area contributed by atoms with Crippen LogP contribution in [-0.2, 0) is 0 Å². The Labute approximate surface area is 170 Å². The molecule has 144 valence electrons. The van der Waals surface area contributed by atoms with Crippen LogP contribution in [0.3, 0.4) is 0 Å². The first kappa shape index (κ1) is 19.8. The number of halogens is 2. The van der Waals surface area contributed by atoms with E-state index in [4.69, 9.17) is 23.8 Å². The van der Waals surface area contributed by atoms with Gasteiger partial charge in [0, 0.05) is 26.0 Å². The van der Waals surface area contributed by atoms with Gasteiger partial charge in [0.05, 0.1) is 16.4 Å². The van der Waals surface area contributed by atoms with Crippen LogP contribution in [0.1, 0.15) is 5.56 Å². The van der Waals surface area contributed by atoms with Gasteiger partial charge < -0.3 is 10.0 Å². The van der Waals surface area contributed by atoms with Crippen molar-refractivity contribution < 1.29 is 9.50 Å². The van der Waals surface area contributed by atoms with Crippen molar-refractivity contribution in [2.45, 2.75) is 0 Å². The Morgan fingerprint density at radius 3 is 2.54 bits per heavy atom. The number of aromatic nitrogens is 2. The molecule has 2 N–H and O–H groups in total. The topological polar surface area (TPSA) is 73.6 Å². The molecule has 0 saturated carbocycles. The van der Waals surface area contributed by atoms with Gasteiger partial charge in [-0.25, -0.2) is 4.39 Å². The van der Waals surface area contributed by atoms with Gasteiger partial charge in [0.15, 0.2) is 4.77 Å². The highest BCUT2D eigenvalue weighted by Crippen LogP contribution is 2.24. The zero-order valence-electron chi connectivity index (χ0n) is 15.0. The van der Waals surface area contributed by atoms with E-state index in [1.807, 2.05) is 31.1 Å². The first-order valence-corrected chi connectivity index (χ1v) is 8.91. The molecule has 0 aliphatic carbocycles. The minimum atomic E-state index is -0.608. The van der Waals surface area contributed by atoms with Gasteiger partial charge >= 0.3 is 0 Å². The third kappa shape index (κ3) is 3.97. The zero-order valence-corrected chi connectivity index (χ0v) is 16.6. The predicted octanol–water partition coefficient (Wildman–Crippen LogP) is 4.21. The number of aromatic amines is 1. The monoisotopic (exact) mass is 418 g/mol. The third-order valence-electron chi connectivity index (χ3n) is 3.99. The molecule has 9 heteroatoms. The maximum absolute atomic E-state index is 13.4. The summed E-state index contributed by atoms with van der Waals surface area (Å²) in [6.45, 7) is 0. The molecule has 28 heavy (non-hydrogen) atoms. The maximum Gasteiger partial charge on any atom is 0.264 e. The van der Waals surface area contributed by atoms with Crippen LogP contribution < -0.4 is 10.5 Å². The van der Waals surface area contributed by atoms with Crippen LogP contribution >= 0.6 is 23.8 Å². The first-order chi connectivity index (χ1) is 13.3. The minimum absolute atomic E-state index is 0.0577. The van der Waals surface area contributed by atoms with Crippen molar-refractivity contribution in [3.63, 3.8) is 0 Å². The molecular formula is C19H16ClFN4O2S. The number of nitrogens with zero attached hydrogens (tertiary/aromatic N) is 3. The summed E-state index contributed by atoms with van der Waals surface area (Å²) < 4.78 is 14.6. The Kier molecular flexibility index (Phi) is 5.62. The van der Waals surface area contributed by atoms with E-state index in [1.54, 1.807) is 12.1 Å². The highest BCUT2D eigenvalue weighted by Gasteiger charge is 2.14. The lowest BCUT2D eigenvalue weighted by Gasteiger charge is -2.12. The SMILES string of the molecule is CN(C)c1ccc(N=Cc2c(O)n(-c3ccc(F)c(Cl)c3)c(=S)[nH]c2=O)cc1. The molecule has 0 radical (unpaired) electrons. The van der Waals surface area contributed by atoms with Crippen LogP contribution in [0.25, 0.3) is 5.69 Å². The highest BCUT2D eigenvalue weighted by atomic mass is 35.5. The summed E-state index contributed by atoms with van der Waals surface area (Å²) in [5.74, 6) is -1.03. The lowest BCUT2D eigenvalue weighted by molar-refractivity contribution is 0.432. The van der Waals surface area contributed by atoms with Gasteiger partial charge in [-0.1, -0.05) is 11.6 Å². The van der Waals surface area contributed by atoms with E-state index in [0.717, 1.165) is 11.8 Å². The van der Waals surface area contributed by atoms with Crippen molar-refractivity contribution >= 4 is 41.4 Å². The second-order valence-corrected chi connectivity index (χ2v) is 6.89. The Bertz CT molecular complexity index is 1170. The maximum atomic E-state index is 13.4. The highest BCUT2D eigenvalue weighted by molar-refractivity contribution is 7.71. The van der Waals surface area contributed by atoms with E-state index >= 15 is 0 Å². The molecule has 1 aromatic heterocycles.